The van der Waals surface area contributed by atoms with E-state index >= 15 is 0 Å². The van der Waals surface area contributed by atoms with Crippen molar-refractivity contribution in [2.45, 2.75) is 18.4 Å². The van der Waals surface area contributed by atoms with E-state index in [1.807, 2.05) is 12.1 Å². The van der Waals surface area contributed by atoms with Crippen LogP contribution in [0.1, 0.15) is 18.7 Å². The number of hydrogen-bond acceptors (Lipinski definition) is 3. The third kappa shape index (κ3) is 1.06. The van der Waals surface area contributed by atoms with Gasteiger partial charge in [-0.1, -0.05) is 17.7 Å². The summed E-state index contributed by atoms with van der Waals surface area (Å²) < 4.78 is 5.56. The Kier molecular flexibility index (Phi) is 1.47. The monoisotopic (exact) mass is 208 g/mol. The smallest absolute Gasteiger partial charge is 0.215 e. The highest BCUT2D eigenvalue weighted by Gasteiger charge is 2.45. The number of hydrogen-bond donors (Lipinski definition) is 1. The van der Waals surface area contributed by atoms with Crippen LogP contribution in [0.15, 0.2) is 22.6 Å². The maximum absolute atomic E-state index is 5.98. The minimum atomic E-state index is -0.331. The van der Waals surface area contributed by atoms with Gasteiger partial charge in [-0.2, -0.15) is 0 Å². The maximum Gasteiger partial charge on any atom is 0.215 e. The first kappa shape index (κ1) is 8.26. The van der Waals surface area contributed by atoms with Crippen molar-refractivity contribution >= 4 is 22.7 Å². The van der Waals surface area contributed by atoms with E-state index in [-0.39, 0.29) is 5.54 Å². The number of oxazole rings is 1. The lowest BCUT2D eigenvalue weighted by Gasteiger charge is -1.99. The summed E-state index contributed by atoms with van der Waals surface area (Å²) in [7, 11) is 0. The maximum atomic E-state index is 5.98. The van der Waals surface area contributed by atoms with Gasteiger partial charge in [0.15, 0.2) is 5.58 Å². The topological polar surface area (TPSA) is 52.0 Å². The van der Waals surface area contributed by atoms with E-state index in [1.54, 1.807) is 6.07 Å². The second kappa shape index (κ2) is 2.49. The van der Waals surface area contributed by atoms with E-state index < -0.39 is 0 Å². The van der Waals surface area contributed by atoms with E-state index in [9.17, 15) is 0 Å². The van der Waals surface area contributed by atoms with Gasteiger partial charge in [0.1, 0.15) is 5.52 Å². The summed E-state index contributed by atoms with van der Waals surface area (Å²) in [6.07, 6.45) is 1.88. The minimum absolute atomic E-state index is 0.331. The van der Waals surface area contributed by atoms with Crippen LogP contribution < -0.4 is 5.73 Å². The summed E-state index contributed by atoms with van der Waals surface area (Å²) in [5.41, 5.74) is 7.07. The molecule has 14 heavy (non-hydrogen) atoms. The highest BCUT2D eigenvalue weighted by atomic mass is 35.5. The van der Waals surface area contributed by atoms with Gasteiger partial charge < -0.3 is 10.2 Å². The summed E-state index contributed by atoms with van der Waals surface area (Å²) in [5.74, 6) is 0.612. The average molecular weight is 209 g/mol. The number of para-hydroxylation sites is 1. The Labute approximate surface area is 85.9 Å². The standard InChI is InChI=1S/C10H9ClN2O/c11-6-2-1-3-7-8(6)14-9(13-7)10(12)4-5-10/h1-3H,4-5,12H2. The zero-order valence-corrected chi connectivity index (χ0v) is 8.21. The van der Waals surface area contributed by atoms with E-state index in [2.05, 4.69) is 4.98 Å². The van der Waals surface area contributed by atoms with Crippen LogP contribution in [0.5, 0.6) is 0 Å². The normalized spacial score (nSPS) is 18.7. The fraction of sp³-hybridized carbons (Fsp3) is 0.300. The Morgan fingerprint density at radius 2 is 2.21 bits per heavy atom. The van der Waals surface area contributed by atoms with Crippen molar-refractivity contribution in [1.29, 1.82) is 0 Å². The molecule has 3 nitrogen and oxygen atoms in total. The molecule has 1 heterocycles. The first-order chi connectivity index (χ1) is 6.69. The Bertz CT molecular complexity index is 502. The summed E-state index contributed by atoms with van der Waals surface area (Å²) in [4.78, 5) is 4.33. The molecule has 1 saturated carbocycles. The Morgan fingerprint density at radius 3 is 2.86 bits per heavy atom. The van der Waals surface area contributed by atoms with Crippen LogP contribution in [-0.2, 0) is 5.54 Å². The van der Waals surface area contributed by atoms with Gasteiger partial charge in [0.25, 0.3) is 0 Å². The Morgan fingerprint density at radius 1 is 1.43 bits per heavy atom. The molecule has 3 rings (SSSR count). The highest BCUT2D eigenvalue weighted by molar-refractivity contribution is 6.34. The Balaban J connectivity index is 2.25. The lowest BCUT2D eigenvalue weighted by atomic mass is 10.3. The number of halogens is 1. The SMILES string of the molecule is NC1(c2nc3cccc(Cl)c3o2)CC1. The molecule has 0 amide bonds. The molecule has 2 N–H and O–H groups in total. The first-order valence-electron chi connectivity index (χ1n) is 4.53. The number of benzene rings is 1. The van der Waals surface area contributed by atoms with Crippen molar-refractivity contribution in [1.82, 2.24) is 4.98 Å². The van der Waals surface area contributed by atoms with Crippen molar-refractivity contribution in [3.63, 3.8) is 0 Å². The summed E-state index contributed by atoms with van der Waals surface area (Å²) in [6.45, 7) is 0. The third-order valence-electron chi connectivity index (χ3n) is 2.58. The zero-order valence-electron chi connectivity index (χ0n) is 7.46. The highest BCUT2D eigenvalue weighted by Crippen LogP contribution is 2.43. The van der Waals surface area contributed by atoms with Crippen molar-refractivity contribution in [3.8, 4) is 0 Å². The molecule has 1 aliphatic carbocycles. The van der Waals surface area contributed by atoms with E-state index in [4.69, 9.17) is 21.8 Å². The van der Waals surface area contributed by atoms with Gasteiger partial charge in [-0.15, -0.1) is 0 Å². The Hall–Kier alpha value is -1.06. The fourth-order valence-electron chi connectivity index (χ4n) is 1.48. The molecule has 0 spiro atoms. The molecule has 1 aromatic heterocycles. The predicted octanol–water partition coefficient (Wildman–Crippen LogP) is 2.43. The summed E-state index contributed by atoms with van der Waals surface area (Å²) in [6, 6.07) is 5.52. The van der Waals surface area contributed by atoms with Crippen molar-refractivity contribution in [2.24, 2.45) is 5.73 Å². The number of aromatic nitrogens is 1. The van der Waals surface area contributed by atoms with Gasteiger partial charge in [-0.3, -0.25) is 0 Å². The largest absolute Gasteiger partial charge is 0.437 e. The van der Waals surface area contributed by atoms with Gasteiger partial charge >= 0.3 is 0 Å². The number of fused-ring (bicyclic) bond motifs is 1. The lowest BCUT2D eigenvalue weighted by molar-refractivity contribution is 0.466. The van der Waals surface area contributed by atoms with Crippen LogP contribution in [-0.4, -0.2) is 4.98 Å². The van der Waals surface area contributed by atoms with Gasteiger partial charge in [0, 0.05) is 0 Å². The molecule has 1 aliphatic rings. The quantitative estimate of drug-likeness (QED) is 0.783. The molecule has 1 fully saturated rings. The fourth-order valence-corrected chi connectivity index (χ4v) is 1.69. The van der Waals surface area contributed by atoms with Crippen LogP contribution in [0.2, 0.25) is 5.02 Å². The van der Waals surface area contributed by atoms with E-state index in [1.165, 1.54) is 0 Å². The van der Waals surface area contributed by atoms with Crippen molar-refractivity contribution in [3.05, 3.63) is 29.1 Å². The van der Waals surface area contributed by atoms with E-state index in [0.29, 0.717) is 16.5 Å². The molecular weight excluding hydrogens is 200 g/mol. The molecule has 0 unspecified atom stereocenters. The van der Waals surface area contributed by atoms with Crippen LogP contribution in [0.25, 0.3) is 11.1 Å². The van der Waals surface area contributed by atoms with Crippen LogP contribution in [0.4, 0.5) is 0 Å². The number of nitrogens with two attached hydrogens (primary N) is 1. The van der Waals surface area contributed by atoms with Crippen LogP contribution in [0, 0.1) is 0 Å². The van der Waals surface area contributed by atoms with Gasteiger partial charge in [0.2, 0.25) is 5.89 Å². The molecule has 4 heteroatoms. The second-order valence-corrected chi connectivity index (χ2v) is 4.17. The third-order valence-corrected chi connectivity index (χ3v) is 2.88. The molecule has 0 radical (unpaired) electrons. The first-order valence-corrected chi connectivity index (χ1v) is 4.91. The molecule has 0 saturated heterocycles. The molecule has 0 atom stereocenters. The molecule has 1 aromatic carbocycles. The number of nitrogens with zero attached hydrogens (tertiary/aromatic N) is 1. The molecule has 72 valence electrons. The van der Waals surface area contributed by atoms with Crippen LogP contribution >= 0.6 is 11.6 Å². The molecular formula is C10H9ClN2O. The van der Waals surface area contributed by atoms with Crippen LogP contribution in [0.3, 0.4) is 0 Å². The van der Waals surface area contributed by atoms with Gasteiger partial charge in [0.05, 0.1) is 10.6 Å². The average Bonchev–Trinajstić information content (AvgIpc) is 2.77. The predicted molar refractivity (Wildman–Crippen MR) is 54.1 cm³/mol. The summed E-state index contributed by atoms with van der Waals surface area (Å²) in [5, 5.41) is 0.588. The lowest BCUT2D eigenvalue weighted by Crippen LogP contribution is -2.18. The van der Waals surface area contributed by atoms with Crippen molar-refractivity contribution in [2.75, 3.05) is 0 Å². The minimum Gasteiger partial charge on any atom is -0.437 e. The zero-order chi connectivity index (χ0) is 9.76. The molecule has 0 aliphatic heterocycles. The van der Waals surface area contributed by atoms with E-state index in [0.717, 1.165) is 18.4 Å². The van der Waals surface area contributed by atoms with Crippen molar-refractivity contribution < 1.29 is 4.42 Å². The van der Waals surface area contributed by atoms with Gasteiger partial charge in [-0.05, 0) is 25.0 Å². The number of rotatable bonds is 1. The second-order valence-electron chi connectivity index (χ2n) is 3.76. The molecule has 0 bridgehead atoms. The molecule has 2 aromatic rings. The van der Waals surface area contributed by atoms with Gasteiger partial charge in [-0.25, -0.2) is 4.98 Å². The summed E-state index contributed by atoms with van der Waals surface area (Å²) >= 11 is 5.97.